The third kappa shape index (κ3) is 2.02. The summed E-state index contributed by atoms with van der Waals surface area (Å²) in [6.45, 7) is 4.41. The van der Waals surface area contributed by atoms with Crippen LogP contribution in [0.1, 0.15) is 39.0 Å². The number of thiocarbonyl (C=S) groups is 1. The monoisotopic (exact) mass is 212 g/mol. The molecule has 2 bridgehead atoms. The van der Waals surface area contributed by atoms with Crippen LogP contribution in [0.3, 0.4) is 0 Å². The fourth-order valence-electron chi connectivity index (χ4n) is 2.65. The van der Waals surface area contributed by atoms with Crippen molar-refractivity contribution in [2.75, 3.05) is 13.1 Å². The van der Waals surface area contributed by atoms with Crippen LogP contribution in [0.4, 0.5) is 0 Å². The van der Waals surface area contributed by atoms with Gasteiger partial charge in [-0.1, -0.05) is 6.92 Å². The molecule has 0 atom stereocenters. The largest absolute Gasteiger partial charge is 0.363 e. The lowest BCUT2D eigenvalue weighted by Crippen LogP contribution is -2.54. The molecule has 0 unspecified atom stereocenters. The van der Waals surface area contributed by atoms with Crippen LogP contribution in [-0.4, -0.2) is 29.1 Å². The summed E-state index contributed by atoms with van der Waals surface area (Å²) in [5, 5.41) is 4.35. The Kier molecular flexibility index (Phi) is 3.26. The zero-order valence-electron chi connectivity index (χ0n) is 8.96. The van der Waals surface area contributed by atoms with Crippen molar-refractivity contribution in [1.29, 1.82) is 0 Å². The molecule has 1 saturated carbocycles. The number of nitrogens with one attached hydrogen (secondary N) is 1. The molecule has 3 rings (SSSR count). The minimum absolute atomic E-state index is 0.747. The highest BCUT2D eigenvalue weighted by atomic mass is 32.1. The highest BCUT2D eigenvalue weighted by Gasteiger charge is 2.34. The van der Waals surface area contributed by atoms with Crippen molar-refractivity contribution in [1.82, 2.24) is 10.2 Å². The Bertz CT molecular complexity index is 209. The Hall–Kier alpha value is -0.310. The summed E-state index contributed by atoms with van der Waals surface area (Å²) in [5.74, 6) is 0.918. The first kappa shape index (κ1) is 10.2. The molecule has 1 N–H and O–H groups in total. The fourth-order valence-corrected chi connectivity index (χ4v) is 2.97. The molecule has 0 aromatic carbocycles. The Morgan fingerprint density at radius 1 is 1.36 bits per heavy atom. The Balaban J connectivity index is 1.88. The molecule has 80 valence electrons. The third-order valence-electron chi connectivity index (χ3n) is 3.50. The Labute approximate surface area is 92.0 Å². The van der Waals surface area contributed by atoms with E-state index in [1.54, 1.807) is 0 Å². The van der Waals surface area contributed by atoms with Gasteiger partial charge in [0.15, 0.2) is 5.11 Å². The van der Waals surface area contributed by atoms with Gasteiger partial charge in [-0.05, 0) is 50.2 Å². The highest BCUT2D eigenvalue weighted by Crippen LogP contribution is 2.34. The molecule has 0 aromatic rings. The first-order valence-electron chi connectivity index (χ1n) is 5.85. The summed E-state index contributed by atoms with van der Waals surface area (Å²) in [5.41, 5.74) is 0. The van der Waals surface area contributed by atoms with E-state index < -0.39 is 0 Å². The quantitative estimate of drug-likeness (QED) is 0.706. The van der Waals surface area contributed by atoms with E-state index in [1.165, 1.54) is 32.2 Å². The van der Waals surface area contributed by atoms with Gasteiger partial charge in [0.1, 0.15) is 0 Å². The van der Waals surface area contributed by atoms with Crippen LogP contribution in [0.5, 0.6) is 0 Å². The predicted molar refractivity (Wildman–Crippen MR) is 63.3 cm³/mol. The molecule has 1 aliphatic carbocycles. The van der Waals surface area contributed by atoms with Crippen molar-refractivity contribution in [3.8, 4) is 0 Å². The maximum atomic E-state index is 5.42. The maximum absolute atomic E-state index is 5.42. The van der Waals surface area contributed by atoms with E-state index in [9.17, 15) is 0 Å². The lowest BCUT2D eigenvalue weighted by molar-refractivity contribution is 0.109. The zero-order chi connectivity index (χ0) is 9.97. The van der Waals surface area contributed by atoms with Crippen molar-refractivity contribution in [2.45, 2.75) is 45.1 Å². The summed E-state index contributed by atoms with van der Waals surface area (Å²) in [4.78, 5) is 2.43. The van der Waals surface area contributed by atoms with E-state index in [0.29, 0.717) is 0 Å². The van der Waals surface area contributed by atoms with E-state index >= 15 is 0 Å². The minimum atomic E-state index is 0.747. The van der Waals surface area contributed by atoms with Crippen molar-refractivity contribution in [2.24, 2.45) is 5.92 Å². The van der Waals surface area contributed by atoms with Crippen molar-refractivity contribution in [3.63, 3.8) is 0 Å². The second kappa shape index (κ2) is 4.47. The molecule has 3 aliphatic rings. The molecular formula is C11H20N2S. The molecule has 2 nitrogen and oxygen atoms in total. The van der Waals surface area contributed by atoms with Gasteiger partial charge in [0.2, 0.25) is 0 Å². The molecule has 2 heterocycles. The van der Waals surface area contributed by atoms with Gasteiger partial charge in [-0.3, -0.25) is 0 Å². The van der Waals surface area contributed by atoms with E-state index in [-0.39, 0.29) is 0 Å². The van der Waals surface area contributed by atoms with Crippen molar-refractivity contribution >= 4 is 17.3 Å². The zero-order valence-corrected chi connectivity index (χ0v) is 9.78. The first-order chi connectivity index (χ1) is 6.81. The van der Waals surface area contributed by atoms with E-state index in [2.05, 4.69) is 17.1 Å². The molecule has 3 fully saturated rings. The summed E-state index contributed by atoms with van der Waals surface area (Å²) in [7, 11) is 0. The van der Waals surface area contributed by atoms with Crippen LogP contribution in [0, 0.1) is 5.92 Å². The summed E-state index contributed by atoms with van der Waals surface area (Å²) >= 11 is 5.42. The molecule has 2 aliphatic heterocycles. The second-order valence-corrected chi connectivity index (χ2v) is 4.95. The van der Waals surface area contributed by atoms with Crippen molar-refractivity contribution < 1.29 is 0 Å². The van der Waals surface area contributed by atoms with Crippen LogP contribution < -0.4 is 5.32 Å². The molecule has 0 spiro atoms. The van der Waals surface area contributed by atoms with Gasteiger partial charge < -0.3 is 10.2 Å². The van der Waals surface area contributed by atoms with Gasteiger partial charge in [0.25, 0.3) is 0 Å². The highest BCUT2D eigenvalue weighted by molar-refractivity contribution is 7.80. The van der Waals surface area contributed by atoms with Gasteiger partial charge in [-0.25, -0.2) is 0 Å². The SMILES string of the molecule is CCCNC(=S)N1CC2CCC1CC2. The molecule has 0 radical (unpaired) electrons. The van der Waals surface area contributed by atoms with Gasteiger partial charge in [0, 0.05) is 19.1 Å². The Morgan fingerprint density at radius 3 is 2.57 bits per heavy atom. The number of fused-ring (bicyclic) bond motifs is 3. The summed E-state index contributed by atoms with van der Waals surface area (Å²) in [6.07, 6.45) is 6.73. The number of nitrogens with zero attached hydrogens (tertiary/aromatic N) is 1. The van der Waals surface area contributed by atoms with Gasteiger partial charge in [-0.15, -0.1) is 0 Å². The molecule has 2 saturated heterocycles. The summed E-state index contributed by atoms with van der Waals surface area (Å²) in [6, 6.07) is 0.747. The second-order valence-electron chi connectivity index (χ2n) is 4.56. The lowest BCUT2D eigenvalue weighted by atomic mass is 9.80. The number of hydrogen-bond acceptors (Lipinski definition) is 1. The van der Waals surface area contributed by atoms with Gasteiger partial charge >= 0.3 is 0 Å². The molecule has 0 amide bonds. The standard InChI is InChI=1S/C11H20N2S/c1-2-7-12-11(14)13-8-9-3-5-10(13)6-4-9/h9-10H,2-8H2,1H3,(H,12,14). The molecule has 3 heteroatoms. The van der Waals surface area contributed by atoms with Gasteiger partial charge in [-0.2, -0.15) is 0 Å². The van der Waals surface area contributed by atoms with Gasteiger partial charge in [0.05, 0.1) is 0 Å². The van der Waals surface area contributed by atoms with Crippen LogP contribution in [0.25, 0.3) is 0 Å². The summed E-state index contributed by atoms with van der Waals surface area (Å²) < 4.78 is 0. The third-order valence-corrected chi connectivity index (χ3v) is 3.88. The van der Waals surface area contributed by atoms with E-state index in [0.717, 1.165) is 30.0 Å². The normalized spacial score (nSPS) is 30.5. The maximum Gasteiger partial charge on any atom is 0.169 e. The van der Waals surface area contributed by atoms with Crippen LogP contribution in [-0.2, 0) is 0 Å². The smallest absolute Gasteiger partial charge is 0.169 e. The molecule has 14 heavy (non-hydrogen) atoms. The van der Waals surface area contributed by atoms with E-state index in [4.69, 9.17) is 12.2 Å². The predicted octanol–water partition coefficient (Wildman–Crippen LogP) is 2.15. The number of piperidine rings is 2. The lowest BCUT2D eigenvalue weighted by Gasteiger charge is -2.46. The van der Waals surface area contributed by atoms with Crippen LogP contribution >= 0.6 is 12.2 Å². The fraction of sp³-hybridized carbons (Fsp3) is 0.909. The average molecular weight is 212 g/mol. The topological polar surface area (TPSA) is 15.3 Å². The average Bonchev–Trinajstić information content (AvgIpc) is 2.27. The minimum Gasteiger partial charge on any atom is -0.363 e. The van der Waals surface area contributed by atoms with Crippen molar-refractivity contribution in [3.05, 3.63) is 0 Å². The van der Waals surface area contributed by atoms with Crippen LogP contribution in [0.15, 0.2) is 0 Å². The molecular weight excluding hydrogens is 192 g/mol. The number of rotatable bonds is 2. The number of hydrogen-bond donors (Lipinski definition) is 1. The molecule has 0 aromatic heterocycles. The van der Waals surface area contributed by atoms with Crippen LogP contribution in [0.2, 0.25) is 0 Å². The first-order valence-corrected chi connectivity index (χ1v) is 6.26. The van der Waals surface area contributed by atoms with E-state index in [1.807, 2.05) is 0 Å². The Morgan fingerprint density at radius 2 is 2.07 bits per heavy atom.